The van der Waals surface area contributed by atoms with Crippen LogP contribution in [0.1, 0.15) is 23.5 Å². The molecule has 1 spiro atoms. The van der Waals surface area contributed by atoms with E-state index in [4.69, 9.17) is 4.74 Å². The predicted molar refractivity (Wildman–Crippen MR) is 99.8 cm³/mol. The molecule has 1 amide bonds. The number of likely N-dealkylation sites (tertiary alicyclic amines) is 1. The van der Waals surface area contributed by atoms with Crippen molar-refractivity contribution >= 4 is 17.2 Å². The first-order valence-electron chi connectivity index (χ1n) is 9.25. The fraction of sp³-hybridized carbons (Fsp3) is 0.526. The first-order valence-corrected chi connectivity index (χ1v) is 10.1. The molecule has 0 N–H and O–H groups in total. The third-order valence-corrected chi connectivity index (χ3v) is 6.08. The number of pyridine rings is 1. The number of halogens is 1. The number of amides is 1. The Balaban J connectivity index is 1.31. The highest BCUT2D eigenvalue weighted by atomic mass is 32.1. The van der Waals surface area contributed by atoms with Crippen LogP contribution >= 0.6 is 11.3 Å². The zero-order valence-corrected chi connectivity index (χ0v) is 16.0. The minimum Gasteiger partial charge on any atom is -0.372 e. The van der Waals surface area contributed by atoms with Gasteiger partial charge in [0.25, 0.3) is 0 Å². The highest BCUT2D eigenvalue weighted by molar-refractivity contribution is 7.09. The van der Waals surface area contributed by atoms with Crippen molar-refractivity contribution in [2.75, 3.05) is 32.8 Å². The Bertz CT molecular complexity index is 761. The SMILES string of the molecule is O=C(Cc1ccc(F)cn1)N1CCC2(CC1)CN(Cc1nccs1)CCO2. The van der Waals surface area contributed by atoms with Crippen LogP contribution in [0.3, 0.4) is 0 Å². The molecular weight excluding hydrogens is 367 g/mol. The number of hydrogen-bond acceptors (Lipinski definition) is 6. The lowest BCUT2D eigenvalue weighted by Gasteiger charge is -2.47. The van der Waals surface area contributed by atoms with E-state index in [1.165, 1.54) is 6.07 Å². The fourth-order valence-electron chi connectivity index (χ4n) is 3.82. The lowest BCUT2D eigenvalue weighted by atomic mass is 9.89. The summed E-state index contributed by atoms with van der Waals surface area (Å²) in [4.78, 5) is 25.2. The molecule has 4 heterocycles. The minimum atomic E-state index is -0.386. The summed E-state index contributed by atoms with van der Waals surface area (Å²) in [5, 5.41) is 3.14. The molecule has 0 saturated carbocycles. The number of hydrogen-bond donors (Lipinski definition) is 0. The van der Waals surface area contributed by atoms with Gasteiger partial charge in [-0.05, 0) is 25.0 Å². The highest BCUT2D eigenvalue weighted by Gasteiger charge is 2.40. The molecule has 27 heavy (non-hydrogen) atoms. The number of morpholine rings is 1. The summed E-state index contributed by atoms with van der Waals surface area (Å²) < 4.78 is 19.1. The Hall–Kier alpha value is -1.90. The summed E-state index contributed by atoms with van der Waals surface area (Å²) in [6, 6.07) is 2.91. The van der Waals surface area contributed by atoms with Crippen LogP contribution < -0.4 is 0 Å². The Kier molecular flexibility index (Phi) is 5.47. The topological polar surface area (TPSA) is 58.6 Å². The van der Waals surface area contributed by atoms with Gasteiger partial charge in [0, 0.05) is 43.4 Å². The molecule has 8 heteroatoms. The molecular formula is C19H23FN4O2S. The Morgan fingerprint density at radius 1 is 1.26 bits per heavy atom. The summed E-state index contributed by atoms with van der Waals surface area (Å²) in [5.74, 6) is -0.345. The van der Waals surface area contributed by atoms with Crippen LogP contribution in [0.5, 0.6) is 0 Å². The predicted octanol–water partition coefficient (Wildman–Crippen LogP) is 2.11. The molecule has 6 nitrogen and oxygen atoms in total. The normalized spacial score (nSPS) is 20.1. The molecule has 0 atom stereocenters. The quantitative estimate of drug-likeness (QED) is 0.800. The maximum absolute atomic E-state index is 13.0. The van der Waals surface area contributed by atoms with Gasteiger partial charge < -0.3 is 9.64 Å². The third-order valence-electron chi connectivity index (χ3n) is 5.32. The second-order valence-corrected chi connectivity index (χ2v) is 8.17. The summed E-state index contributed by atoms with van der Waals surface area (Å²) in [6.45, 7) is 4.76. The molecule has 0 unspecified atom stereocenters. The van der Waals surface area contributed by atoms with E-state index in [9.17, 15) is 9.18 Å². The maximum atomic E-state index is 13.0. The van der Waals surface area contributed by atoms with Crippen molar-refractivity contribution in [3.8, 4) is 0 Å². The second-order valence-electron chi connectivity index (χ2n) is 7.19. The van der Waals surface area contributed by atoms with E-state index in [0.717, 1.165) is 50.3 Å². The van der Waals surface area contributed by atoms with Crippen LogP contribution in [0.15, 0.2) is 29.9 Å². The molecule has 2 aliphatic rings. The standard InChI is InChI=1S/C19H23FN4O2S/c20-15-1-2-16(22-12-15)11-18(25)24-6-3-19(4-7-24)14-23(8-9-26-19)13-17-21-5-10-27-17/h1-2,5,10,12H,3-4,6-9,11,13-14H2. The van der Waals surface area contributed by atoms with Gasteiger partial charge in [0.1, 0.15) is 10.8 Å². The molecule has 2 fully saturated rings. The third kappa shape index (κ3) is 4.51. The Morgan fingerprint density at radius 3 is 2.81 bits per heavy atom. The number of nitrogens with zero attached hydrogens (tertiary/aromatic N) is 4. The van der Waals surface area contributed by atoms with E-state index < -0.39 is 0 Å². The zero-order chi connectivity index (χ0) is 18.7. The van der Waals surface area contributed by atoms with Crippen LogP contribution in [0.4, 0.5) is 4.39 Å². The maximum Gasteiger partial charge on any atom is 0.228 e. The molecule has 0 aromatic carbocycles. The van der Waals surface area contributed by atoms with Crippen molar-refractivity contribution in [3.05, 3.63) is 46.4 Å². The molecule has 4 rings (SSSR count). The number of ether oxygens (including phenoxy) is 1. The number of thiazole rings is 1. The molecule has 0 radical (unpaired) electrons. The summed E-state index contributed by atoms with van der Waals surface area (Å²) in [5.41, 5.74) is 0.436. The van der Waals surface area contributed by atoms with Crippen molar-refractivity contribution in [1.29, 1.82) is 0 Å². The van der Waals surface area contributed by atoms with E-state index in [0.29, 0.717) is 18.8 Å². The molecule has 0 bridgehead atoms. The number of aromatic nitrogens is 2. The van der Waals surface area contributed by atoms with Crippen LogP contribution in [-0.4, -0.2) is 64.1 Å². The fourth-order valence-corrected chi connectivity index (χ4v) is 4.48. The van der Waals surface area contributed by atoms with Crippen LogP contribution in [0.2, 0.25) is 0 Å². The molecule has 2 saturated heterocycles. The van der Waals surface area contributed by atoms with E-state index in [-0.39, 0.29) is 23.7 Å². The first-order chi connectivity index (χ1) is 13.1. The minimum absolute atomic E-state index is 0.0411. The molecule has 2 aliphatic heterocycles. The average Bonchev–Trinajstić information content (AvgIpc) is 3.17. The lowest BCUT2D eigenvalue weighted by molar-refractivity contribution is -0.150. The average molecular weight is 390 g/mol. The van der Waals surface area contributed by atoms with Crippen LogP contribution in [-0.2, 0) is 22.5 Å². The van der Waals surface area contributed by atoms with Gasteiger partial charge in [-0.3, -0.25) is 14.7 Å². The molecule has 2 aromatic heterocycles. The number of rotatable bonds is 4. The molecule has 2 aromatic rings. The summed E-state index contributed by atoms with van der Waals surface area (Å²) in [7, 11) is 0. The van der Waals surface area contributed by atoms with Gasteiger partial charge in [-0.1, -0.05) is 0 Å². The van der Waals surface area contributed by atoms with E-state index in [1.54, 1.807) is 17.4 Å². The van der Waals surface area contributed by atoms with Gasteiger partial charge in [-0.25, -0.2) is 9.37 Å². The van der Waals surface area contributed by atoms with Gasteiger partial charge in [-0.15, -0.1) is 11.3 Å². The van der Waals surface area contributed by atoms with Crippen LogP contribution in [0, 0.1) is 5.82 Å². The van der Waals surface area contributed by atoms with Crippen molar-refractivity contribution in [1.82, 2.24) is 19.8 Å². The van der Waals surface area contributed by atoms with E-state index in [2.05, 4.69) is 14.9 Å². The van der Waals surface area contributed by atoms with Crippen molar-refractivity contribution in [2.45, 2.75) is 31.4 Å². The number of piperidine rings is 1. The van der Waals surface area contributed by atoms with Crippen molar-refractivity contribution < 1.29 is 13.9 Å². The first kappa shape index (κ1) is 18.5. The summed E-state index contributed by atoms with van der Waals surface area (Å²) >= 11 is 1.68. The van der Waals surface area contributed by atoms with Gasteiger partial charge >= 0.3 is 0 Å². The van der Waals surface area contributed by atoms with E-state index in [1.807, 2.05) is 16.5 Å². The Morgan fingerprint density at radius 2 is 2.11 bits per heavy atom. The van der Waals surface area contributed by atoms with Gasteiger partial charge in [0.2, 0.25) is 5.91 Å². The zero-order valence-electron chi connectivity index (χ0n) is 15.1. The lowest BCUT2D eigenvalue weighted by Crippen LogP contribution is -2.57. The number of carbonyl (C=O) groups is 1. The second kappa shape index (κ2) is 8.00. The van der Waals surface area contributed by atoms with Gasteiger partial charge in [0.05, 0.1) is 31.4 Å². The Labute approximate surface area is 162 Å². The highest BCUT2D eigenvalue weighted by Crippen LogP contribution is 2.31. The monoisotopic (exact) mass is 390 g/mol. The summed E-state index contributed by atoms with van der Waals surface area (Å²) in [6.07, 6.45) is 4.88. The molecule has 144 valence electrons. The van der Waals surface area contributed by atoms with Crippen molar-refractivity contribution in [2.24, 2.45) is 0 Å². The van der Waals surface area contributed by atoms with Crippen LogP contribution in [0.25, 0.3) is 0 Å². The smallest absolute Gasteiger partial charge is 0.228 e. The van der Waals surface area contributed by atoms with Gasteiger partial charge in [0.15, 0.2) is 0 Å². The van der Waals surface area contributed by atoms with Crippen molar-refractivity contribution in [3.63, 3.8) is 0 Å². The largest absolute Gasteiger partial charge is 0.372 e. The van der Waals surface area contributed by atoms with E-state index >= 15 is 0 Å². The molecule has 0 aliphatic carbocycles. The van der Waals surface area contributed by atoms with Gasteiger partial charge in [-0.2, -0.15) is 0 Å². The number of carbonyl (C=O) groups excluding carboxylic acids is 1.